The first kappa shape index (κ1) is 17.5. The number of hydrogen-bond donors (Lipinski definition) is 2. The van der Waals surface area contributed by atoms with Gasteiger partial charge in [-0.05, 0) is 53.4 Å². The minimum absolute atomic E-state index is 0.00185. The van der Waals surface area contributed by atoms with Gasteiger partial charge in [0.25, 0.3) is 10.0 Å². The second-order valence-corrected chi connectivity index (χ2v) is 8.51. The first-order valence-electron chi connectivity index (χ1n) is 8.89. The van der Waals surface area contributed by atoms with E-state index in [1.54, 1.807) is 42.5 Å². The van der Waals surface area contributed by atoms with Crippen molar-refractivity contribution in [2.45, 2.75) is 30.2 Å². The van der Waals surface area contributed by atoms with E-state index in [0.717, 1.165) is 29.2 Å². The van der Waals surface area contributed by atoms with Crippen molar-refractivity contribution in [2.75, 3.05) is 4.72 Å². The van der Waals surface area contributed by atoms with Crippen molar-refractivity contribution in [1.82, 2.24) is 5.32 Å². The standard InChI is InChI=1S/C21H20N2O3S/c24-21(22-18-10-11-18)13-15-5-8-19(9-6-15)23-27(25,26)20-12-7-16-3-1-2-4-17(16)14-20/h1-9,12,14,18,23H,10-11,13H2,(H,22,24). The molecule has 0 aromatic heterocycles. The first-order valence-corrected chi connectivity index (χ1v) is 10.4. The van der Waals surface area contributed by atoms with Crippen molar-refractivity contribution < 1.29 is 13.2 Å². The molecule has 1 amide bonds. The molecule has 0 radical (unpaired) electrons. The molecule has 0 heterocycles. The molecule has 27 heavy (non-hydrogen) atoms. The molecule has 1 fully saturated rings. The number of carbonyl (C=O) groups excluding carboxylic acids is 1. The Bertz CT molecular complexity index is 1090. The van der Waals surface area contributed by atoms with Crippen LogP contribution in [0.15, 0.2) is 71.6 Å². The summed E-state index contributed by atoms with van der Waals surface area (Å²) in [4.78, 5) is 12.1. The van der Waals surface area contributed by atoms with Crippen molar-refractivity contribution in [2.24, 2.45) is 0 Å². The Morgan fingerprint density at radius 1 is 0.926 bits per heavy atom. The highest BCUT2D eigenvalue weighted by molar-refractivity contribution is 7.92. The molecule has 3 aromatic rings. The average molecular weight is 380 g/mol. The molecule has 0 saturated heterocycles. The number of benzene rings is 3. The zero-order valence-corrected chi connectivity index (χ0v) is 15.5. The minimum Gasteiger partial charge on any atom is -0.353 e. The fraction of sp³-hybridized carbons (Fsp3) is 0.190. The zero-order valence-electron chi connectivity index (χ0n) is 14.7. The molecule has 5 nitrogen and oxygen atoms in total. The van der Waals surface area contributed by atoms with E-state index in [1.165, 1.54) is 0 Å². The Labute approximate surface area is 158 Å². The lowest BCUT2D eigenvalue weighted by molar-refractivity contribution is -0.120. The van der Waals surface area contributed by atoms with Crippen molar-refractivity contribution in [3.8, 4) is 0 Å². The first-order chi connectivity index (χ1) is 13.0. The van der Waals surface area contributed by atoms with E-state index in [1.807, 2.05) is 24.3 Å². The number of hydrogen-bond acceptors (Lipinski definition) is 3. The van der Waals surface area contributed by atoms with Gasteiger partial charge < -0.3 is 5.32 Å². The van der Waals surface area contributed by atoms with E-state index in [9.17, 15) is 13.2 Å². The van der Waals surface area contributed by atoms with E-state index >= 15 is 0 Å². The quantitative estimate of drug-likeness (QED) is 0.688. The maximum Gasteiger partial charge on any atom is 0.261 e. The maximum absolute atomic E-state index is 12.7. The van der Waals surface area contributed by atoms with Crippen LogP contribution in [0.1, 0.15) is 18.4 Å². The monoisotopic (exact) mass is 380 g/mol. The molecule has 1 saturated carbocycles. The predicted molar refractivity (Wildman–Crippen MR) is 106 cm³/mol. The summed E-state index contributed by atoms with van der Waals surface area (Å²) in [5, 5.41) is 4.80. The van der Waals surface area contributed by atoms with Crippen molar-refractivity contribution >= 4 is 32.4 Å². The molecule has 0 spiro atoms. The van der Waals surface area contributed by atoms with Gasteiger partial charge in [0.2, 0.25) is 5.91 Å². The third-order valence-electron chi connectivity index (χ3n) is 4.54. The van der Waals surface area contributed by atoms with Gasteiger partial charge in [-0.15, -0.1) is 0 Å². The Balaban J connectivity index is 1.47. The van der Waals surface area contributed by atoms with Crippen LogP contribution in [-0.2, 0) is 21.2 Å². The third-order valence-corrected chi connectivity index (χ3v) is 5.92. The van der Waals surface area contributed by atoms with Crippen LogP contribution in [0.5, 0.6) is 0 Å². The van der Waals surface area contributed by atoms with Gasteiger partial charge in [0.15, 0.2) is 0 Å². The number of fused-ring (bicyclic) bond motifs is 1. The van der Waals surface area contributed by atoms with E-state index in [2.05, 4.69) is 10.0 Å². The maximum atomic E-state index is 12.7. The van der Waals surface area contributed by atoms with Gasteiger partial charge >= 0.3 is 0 Å². The summed E-state index contributed by atoms with van der Waals surface area (Å²) in [6.45, 7) is 0. The molecule has 0 unspecified atom stereocenters. The Morgan fingerprint density at radius 2 is 1.63 bits per heavy atom. The number of rotatable bonds is 6. The van der Waals surface area contributed by atoms with Crippen molar-refractivity contribution in [3.63, 3.8) is 0 Å². The molecule has 3 aromatic carbocycles. The second-order valence-electron chi connectivity index (χ2n) is 6.83. The van der Waals surface area contributed by atoms with Crippen LogP contribution in [0.2, 0.25) is 0 Å². The van der Waals surface area contributed by atoms with Crippen LogP contribution in [-0.4, -0.2) is 20.4 Å². The highest BCUT2D eigenvalue weighted by Gasteiger charge is 2.23. The van der Waals surface area contributed by atoms with Crippen LogP contribution in [0, 0.1) is 0 Å². The predicted octanol–water partition coefficient (Wildman–Crippen LogP) is 3.46. The van der Waals surface area contributed by atoms with Crippen molar-refractivity contribution in [1.29, 1.82) is 0 Å². The van der Waals surface area contributed by atoms with Crippen molar-refractivity contribution in [3.05, 3.63) is 72.3 Å². The lowest BCUT2D eigenvalue weighted by Gasteiger charge is -2.10. The van der Waals surface area contributed by atoms with Gasteiger partial charge in [-0.25, -0.2) is 8.42 Å². The molecular weight excluding hydrogens is 360 g/mol. The van der Waals surface area contributed by atoms with Gasteiger partial charge in [-0.1, -0.05) is 42.5 Å². The number of amides is 1. The number of anilines is 1. The summed E-state index contributed by atoms with van der Waals surface area (Å²) in [7, 11) is -3.68. The second kappa shape index (κ2) is 7.04. The molecule has 1 aliphatic rings. The highest BCUT2D eigenvalue weighted by atomic mass is 32.2. The molecule has 0 atom stereocenters. The molecule has 0 aliphatic heterocycles. The van der Waals surface area contributed by atoms with Gasteiger partial charge in [0.05, 0.1) is 11.3 Å². The molecular formula is C21H20N2O3S. The molecule has 6 heteroatoms. The topological polar surface area (TPSA) is 75.3 Å². The SMILES string of the molecule is O=C(Cc1ccc(NS(=O)(=O)c2ccc3ccccc3c2)cc1)NC1CC1. The number of carbonyl (C=O) groups is 1. The van der Waals surface area contributed by atoms with Gasteiger partial charge in [0.1, 0.15) is 0 Å². The summed E-state index contributed by atoms with van der Waals surface area (Å²) in [6.07, 6.45) is 2.41. The van der Waals surface area contributed by atoms with E-state index < -0.39 is 10.0 Å². The van der Waals surface area contributed by atoms with E-state index in [0.29, 0.717) is 18.2 Å². The molecule has 1 aliphatic carbocycles. The lowest BCUT2D eigenvalue weighted by Crippen LogP contribution is -2.26. The fourth-order valence-corrected chi connectivity index (χ4v) is 4.02. The Hall–Kier alpha value is -2.86. The summed E-state index contributed by atoms with van der Waals surface area (Å²) >= 11 is 0. The summed E-state index contributed by atoms with van der Waals surface area (Å²) < 4.78 is 27.9. The molecule has 138 valence electrons. The highest BCUT2D eigenvalue weighted by Crippen LogP contribution is 2.22. The van der Waals surface area contributed by atoms with Gasteiger partial charge in [0, 0.05) is 11.7 Å². The zero-order chi connectivity index (χ0) is 18.9. The smallest absolute Gasteiger partial charge is 0.261 e. The normalized spacial score (nSPS) is 14.1. The molecule has 4 rings (SSSR count). The number of sulfonamides is 1. The van der Waals surface area contributed by atoms with Crippen LogP contribution < -0.4 is 10.0 Å². The minimum atomic E-state index is -3.68. The molecule has 2 N–H and O–H groups in total. The summed E-state index contributed by atoms with van der Waals surface area (Å²) in [5.74, 6) is 0.00185. The Kier molecular flexibility index (Phi) is 4.58. The number of nitrogens with one attached hydrogen (secondary N) is 2. The Morgan fingerprint density at radius 3 is 2.33 bits per heavy atom. The van der Waals surface area contributed by atoms with Crippen LogP contribution in [0.25, 0.3) is 10.8 Å². The van der Waals surface area contributed by atoms with Crippen LogP contribution in [0.4, 0.5) is 5.69 Å². The van der Waals surface area contributed by atoms with Gasteiger partial charge in [-0.3, -0.25) is 9.52 Å². The summed E-state index contributed by atoms with van der Waals surface area (Å²) in [5.41, 5.74) is 1.32. The fourth-order valence-electron chi connectivity index (χ4n) is 2.93. The molecule has 0 bridgehead atoms. The lowest BCUT2D eigenvalue weighted by atomic mass is 10.1. The largest absolute Gasteiger partial charge is 0.353 e. The van der Waals surface area contributed by atoms with E-state index in [4.69, 9.17) is 0 Å². The van der Waals surface area contributed by atoms with Gasteiger partial charge in [-0.2, -0.15) is 0 Å². The van der Waals surface area contributed by atoms with E-state index in [-0.39, 0.29) is 10.8 Å². The summed E-state index contributed by atoms with van der Waals surface area (Å²) in [6, 6.07) is 19.9. The third kappa shape index (κ3) is 4.28. The van der Waals surface area contributed by atoms with Crippen LogP contribution >= 0.6 is 0 Å². The average Bonchev–Trinajstić information content (AvgIpc) is 3.46. The van der Waals surface area contributed by atoms with Crippen LogP contribution in [0.3, 0.4) is 0 Å².